The Labute approximate surface area is 206 Å². The van der Waals surface area contributed by atoms with Crippen LogP contribution in [0.2, 0.25) is 0 Å². The standard InChI is InChI=1S/C24H40N6O5/c1-16(24(34)35)28-22(32)19(12-6-8-14-26)29-23(33)20(15-17-9-3-2-4-10-17)30-21(31)18(27)11-5-7-13-25/h2-4,9-10,16,18-20H,5-8,11-15,25-27H2,1H3,(H,28,32)(H,29,33)(H,30,31)(H,34,35). The van der Waals surface area contributed by atoms with E-state index in [1.165, 1.54) is 6.92 Å². The van der Waals surface area contributed by atoms with E-state index in [4.69, 9.17) is 22.3 Å². The van der Waals surface area contributed by atoms with Gasteiger partial charge in [0.05, 0.1) is 6.04 Å². The summed E-state index contributed by atoms with van der Waals surface area (Å²) in [6.45, 7) is 2.26. The Morgan fingerprint density at radius 2 is 1.34 bits per heavy atom. The van der Waals surface area contributed by atoms with Gasteiger partial charge >= 0.3 is 5.97 Å². The minimum absolute atomic E-state index is 0.191. The van der Waals surface area contributed by atoms with Crippen LogP contribution in [0.5, 0.6) is 0 Å². The van der Waals surface area contributed by atoms with Crippen LogP contribution in [-0.4, -0.2) is 66.1 Å². The zero-order chi connectivity index (χ0) is 26.2. The highest BCUT2D eigenvalue weighted by atomic mass is 16.4. The SMILES string of the molecule is CC(NC(=O)C(CCCCN)NC(=O)C(Cc1ccccc1)NC(=O)C(N)CCCCN)C(=O)O. The maximum atomic E-state index is 13.2. The van der Waals surface area contributed by atoms with E-state index in [0.29, 0.717) is 38.8 Å². The van der Waals surface area contributed by atoms with Crippen LogP contribution in [0, 0.1) is 0 Å². The molecule has 4 unspecified atom stereocenters. The summed E-state index contributed by atoms with van der Waals surface area (Å²) in [6, 6.07) is 5.25. The second kappa shape index (κ2) is 16.6. The summed E-state index contributed by atoms with van der Waals surface area (Å²) in [5.41, 5.74) is 17.8. The number of nitrogens with one attached hydrogen (secondary N) is 3. The smallest absolute Gasteiger partial charge is 0.325 e. The molecule has 3 amide bonds. The molecular weight excluding hydrogens is 452 g/mol. The van der Waals surface area contributed by atoms with Gasteiger partial charge in [-0.3, -0.25) is 19.2 Å². The van der Waals surface area contributed by atoms with Crippen molar-refractivity contribution in [3.05, 3.63) is 35.9 Å². The number of hydrogen-bond acceptors (Lipinski definition) is 7. The van der Waals surface area contributed by atoms with Crippen LogP contribution >= 0.6 is 0 Å². The monoisotopic (exact) mass is 492 g/mol. The first-order valence-electron chi connectivity index (χ1n) is 12.0. The molecule has 11 heteroatoms. The van der Waals surface area contributed by atoms with Crippen molar-refractivity contribution in [3.63, 3.8) is 0 Å². The molecule has 1 aromatic carbocycles. The summed E-state index contributed by atoms with van der Waals surface area (Å²) in [4.78, 5) is 49.8. The third-order valence-electron chi connectivity index (χ3n) is 5.53. The summed E-state index contributed by atoms with van der Waals surface area (Å²) in [5.74, 6) is -2.84. The fourth-order valence-corrected chi connectivity index (χ4v) is 3.39. The molecule has 0 radical (unpaired) electrons. The van der Waals surface area contributed by atoms with Crippen molar-refractivity contribution in [3.8, 4) is 0 Å². The Bertz CT molecular complexity index is 807. The van der Waals surface area contributed by atoms with Crippen molar-refractivity contribution in [1.29, 1.82) is 0 Å². The van der Waals surface area contributed by atoms with Crippen molar-refractivity contribution < 1.29 is 24.3 Å². The number of benzene rings is 1. The van der Waals surface area contributed by atoms with E-state index in [0.717, 1.165) is 12.0 Å². The molecule has 0 saturated heterocycles. The van der Waals surface area contributed by atoms with Gasteiger partial charge in [-0.05, 0) is 57.7 Å². The summed E-state index contributed by atoms with van der Waals surface area (Å²) in [6.07, 6.45) is 3.51. The third kappa shape index (κ3) is 11.8. The van der Waals surface area contributed by atoms with Gasteiger partial charge in [0, 0.05) is 6.42 Å². The molecule has 11 nitrogen and oxygen atoms in total. The van der Waals surface area contributed by atoms with Gasteiger partial charge in [0.2, 0.25) is 17.7 Å². The Morgan fingerprint density at radius 1 is 0.800 bits per heavy atom. The van der Waals surface area contributed by atoms with Crippen LogP contribution in [-0.2, 0) is 25.6 Å². The predicted molar refractivity (Wildman–Crippen MR) is 133 cm³/mol. The van der Waals surface area contributed by atoms with E-state index in [1.54, 1.807) is 0 Å². The number of amides is 3. The van der Waals surface area contributed by atoms with Gasteiger partial charge in [-0.2, -0.15) is 0 Å². The van der Waals surface area contributed by atoms with Crippen molar-refractivity contribution >= 4 is 23.7 Å². The number of carboxylic acids is 1. The summed E-state index contributed by atoms with van der Waals surface area (Å²) in [7, 11) is 0. The van der Waals surface area contributed by atoms with Crippen molar-refractivity contribution in [2.45, 2.75) is 76.0 Å². The first kappa shape index (κ1) is 30.0. The molecule has 0 saturated carbocycles. The van der Waals surface area contributed by atoms with Crippen molar-refractivity contribution in [1.82, 2.24) is 16.0 Å². The van der Waals surface area contributed by atoms with Crippen molar-refractivity contribution in [2.75, 3.05) is 13.1 Å². The average Bonchev–Trinajstić information content (AvgIpc) is 2.83. The zero-order valence-corrected chi connectivity index (χ0v) is 20.4. The van der Waals surface area contributed by atoms with E-state index in [1.807, 2.05) is 30.3 Å². The molecular formula is C24H40N6O5. The Morgan fingerprint density at radius 3 is 1.91 bits per heavy atom. The van der Waals surface area contributed by atoms with Gasteiger partial charge < -0.3 is 38.3 Å². The Hall–Kier alpha value is -3.02. The molecule has 35 heavy (non-hydrogen) atoms. The number of hydrogen-bond donors (Lipinski definition) is 7. The largest absolute Gasteiger partial charge is 0.480 e. The molecule has 0 spiro atoms. The molecule has 0 aliphatic rings. The molecule has 10 N–H and O–H groups in total. The van der Waals surface area contributed by atoms with E-state index in [9.17, 15) is 19.2 Å². The number of nitrogens with two attached hydrogens (primary N) is 3. The van der Waals surface area contributed by atoms with Crippen LogP contribution in [0.25, 0.3) is 0 Å². The third-order valence-corrected chi connectivity index (χ3v) is 5.53. The number of carboxylic acid groups (broad SMARTS) is 1. The van der Waals surface area contributed by atoms with Crippen LogP contribution in [0.3, 0.4) is 0 Å². The van der Waals surface area contributed by atoms with Crippen LogP contribution in [0.1, 0.15) is 51.0 Å². The molecule has 0 aromatic heterocycles. The minimum Gasteiger partial charge on any atom is -0.480 e. The van der Waals surface area contributed by atoms with Gasteiger partial charge in [-0.1, -0.05) is 36.8 Å². The molecule has 0 bridgehead atoms. The van der Waals surface area contributed by atoms with Crippen LogP contribution in [0.15, 0.2) is 30.3 Å². The first-order chi connectivity index (χ1) is 16.7. The Kier molecular flexibility index (Phi) is 14.2. The maximum Gasteiger partial charge on any atom is 0.325 e. The maximum absolute atomic E-state index is 13.2. The quantitative estimate of drug-likeness (QED) is 0.139. The average molecular weight is 493 g/mol. The number of unbranched alkanes of at least 4 members (excludes halogenated alkanes) is 2. The number of carbonyl (C=O) groups is 4. The predicted octanol–water partition coefficient (Wildman–Crippen LogP) is -0.627. The lowest BCUT2D eigenvalue weighted by Gasteiger charge is -2.25. The number of aliphatic carboxylic acids is 1. The molecule has 1 aromatic rings. The molecule has 1 rings (SSSR count). The summed E-state index contributed by atoms with van der Waals surface area (Å²) >= 11 is 0. The molecule has 4 atom stereocenters. The summed E-state index contributed by atoms with van der Waals surface area (Å²) in [5, 5.41) is 16.9. The molecule has 0 aliphatic carbocycles. The lowest BCUT2D eigenvalue weighted by molar-refractivity contribution is -0.141. The molecule has 0 heterocycles. The lowest BCUT2D eigenvalue weighted by atomic mass is 10.0. The molecule has 196 valence electrons. The van der Waals surface area contributed by atoms with Crippen LogP contribution in [0.4, 0.5) is 0 Å². The normalized spacial score (nSPS) is 14.3. The van der Waals surface area contributed by atoms with Crippen molar-refractivity contribution in [2.24, 2.45) is 17.2 Å². The highest BCUT2D eigenvalue weighted by Crippen LogP contribution is 2.08. The van der Waals surface area contributed by atoms with E-state index >= 15 is 0 Å². The highest BCUT2D eigenvalue weighted by Gasteiger charge is 2.29. The summed E-state index contributed by atoms with van der Waals surface area (Å²) < 4.78 is 0. The fourth-order valence-electron chi connectivity index (χ4n) is 3.39. The second-order valence-corrected chi connectivity index (χ2v) is 8.56. The van der Waals surface area contributed by atoms with E-state index < -0.39 is 47.9 Å². The number of carbonyl (C=O) groups excluding carboxylic acids is 3. The Balaban J connectivity index is 2.99. The second-order valence-electron chi connectivity index (χ2n) is 8.56. The van der Waals surface area contributed by atoms with E-state index in [2.05, 4.69) is 16.0 Å². The molecule has 0 aliphatic heterocycles. The highest BCUT2D eigenvalue weighted by molar-refractivity contribution is 5.94. The first-order valence-corrected chi connectivity index (χ1v) is 12.0. The van der Waals surface area contributed by atoms with Gasteiger partial charge in [-0.25, -0.2) is 0 Å². The fraction of sp³-hybridized carbons (Fsp3) is 0.583. The number of rotatable bonds is 17. The van der Waals surface area contributed by atoms with Gasteiger partial charge in [0.15, 0.2) is 0 Å². The molecule has 0 fully saturated rings. The zero-order valence-electron chi connectivity index (χ0n) is 20.4. The van der Waals surface area contributed by atoms with Crippen LogP contribution < -0.4 is 33.2 Å². The van der Waals surface area contributed by atoms with Gasteiger partial charge in [0.1, 0.15) is 18.1 Å². The topological polar surface area (TPSA) is 203 Å². The minimum atomic E-state index is -1.19. The van der Waals surface area contributed by atoms with E-state index in [-0.39, 0.29) is 12.8 Å². The van der Waals surface area contributed by atoms with Gasteiger partial charge in [0.25, 0.3) is 0 Å². The van der Waals surface area contributed by atoms with Gasteiger partial charge in [-0.15, -0.1) is 0 Å². The lowest BCUT2D eigenvalue weighted by Crippen LogP contribution is -2.57.